The van der Waals surface area contributed by atoms with Crippen LogP contribution in [0.5, 0.6) is 0 Å². The highest BCUT2D eigenvalue weighted by molar-refractivity contribution is 14.1. The summed E-state index contributed by atoms with van der Waals surface area (Å²) in [6, 6.07) is 0. The van der Waals surface area contributed by atoms with Crippen LogP contribution in [-0.2, 0) is 0 Å². The molecule has 6 heteroatoms. The first-order valence-corrected chi connectivity index (χ1v) is 3.99. The monoisotopic (exact) mass is 288 g/mol. The molecular formula is C6H4F3IN2. The summed E-state index contributed by atoms with van der Waals surface area (Å²) in [7, 11) is 0. The maximum atomic E-state index is 12.6. The zero-order valence-electron chi connectivity index (χ0n) is 5.69. The summed E-state index contributed by atoms with van der Waals surface area (Å²) >= 11 is 1.53. The van der Waals surface area contributed by atoms with Crippen molar-refractivity contribution in [2.24, 2.45) is 0 Å². The lowest BCUT2D eigenvalue weighted by Crippen LogP contribution is -2.02. The van der Waals surface area contributed by atoms with Crippen LogP contribution in [-0.4, -0.2) is 4.98 Å². The topological polar surface area (TPSA) is 38.9 Å². The van der Waals surface area contributed by atoms with Gasteiger partial charge in [-0.25, -0.2) is 13.8 Å². The Labute approximate surface area is 80.1 Å². The second-order valence-corrected chi connectivity index (χ2v) is 3.11. The van der Waals surface area contributed by atoms with Crippen LogP contribution in [0, 0.1) is 9.52 Å². The van der Waals surface area contributed by atoms with Gasteiger partial charge < -0.3 is 5.73 Å². The number of rotatable bonds is 1. The molecule has 2 N–H and O–H groups in total. The average Bonchev–Trinajstić information content (AvgIpc) is 2.00. The number of anilines is 1. The minimum absolute atomic E-state index is 0.0644. The van der Waals surface area contributed by atoms with Gasteiger partial charge in [-0.15, -0.1) is 0 Å². The number of halogens is 4. The van der Waals surface area contributed by atoms with Gasteiger partial charge in [0, 0.05) is 6.20 Å². The van der Waals surface area contributed by atoms with Crippen molar-refractivity contribution in [3.05, 3.63) is 21.3 Å². The van der Waals surface area contributed by atoms with Crippen molar-refractivity contribution in [1.82, 2.24) is 4.98 Å². The summed E-state index contributed by atoms with van der Waals surface area (Å²) in [4.78, 5) is 3.13. The zero-order chi connectivity index (χ0) is 9.30. The Hall–Kier alpha value is -0.530. The van der Waals surface area contributed by atoms with Crippen molar-refractivity contribution in [2.45, 2.75) is 6.43 Å². The third kappa shape index (κ3) is 1.62. The fraction of sp³-hybridized carbons (Fsp3) is 0.167. The van der Waals surface area contributed by atoms with Crippen LogP contribution in [0.25, 0.3) is 0 Å². The van der Waals surface area contributed by atoms with Crippen molar-refractivity contribution in [2.75, 3.05) is 5.73 Å². The number of hydrogen-bond donors (Lipinski definition) is 1. The van der Waals surface area contributed by atoms with Crippen LogP contribution in [0.1, 0.15) is 12.0 Å². The first-order valence-electron chi connectivity index (χ1n) is 2.91. The van der Waals surface area contributed by atoms with E-state index in [9.17, 15) is 13.2 Å². The van der Waals surface area contributed by atoms with Crippen molar-refractivity contribution < 1.29 is 13.2 Å². The lowest BCUT2D eigenvalue weighted by Gasteiger charge is -2.05. The SMILES string of the molecule is Nc1c(C(F)F)cnc(F)c1I. The van der Waals surface area contributed by atoms with Gasteiger partial charge in [-0.1, -0.05) is 0 Å². The van der Waals surface area contributed by atoms with Gasteiger partial charge in [0.2, 0.25) is 5.95 Å². The molecule has 0 aliphatic heterocycles. The minimum Gasteiger partial charge on any atom is -0.397 e. The number of alkyl halides is 2. The molecule has 0 saturated heterocycles. The van der Waals surface area contributed by atoms with Crippen molar-refractivity contribution >= 4 is 28.3 Å². The predicted molar refractivity (Wildman–Crippen MR) is 46.3 cm³/mol. The van der Waals surface area contributed by atoms with Crippen molar-refractivity contribution in [3.63, 3.8) is 0 Å². The molecule has 0 aliphatic carbocycles. The second kappa shape index (κ2) is 3.46. The predicted octanol–water partition coefficient (Wildman–Crippen LogP) is 2.35. The maximum Gasteiger partial charge on any atom is 0.267 e. The zero-order valence-corrected chi connectivity index (χ0v) is 7.85. The van der Waals surface area contributed by atoms with E-state index >= 15 is 0 Å². The molecule has 0 fully saturated rings. The first-order chi connectivity index (χ1) is 5.54. The van der Waals surface area contributed by atoms with E-state index in [0.717, 1.165) is 6.20 Å². The average molecular weight is 288 g/mol. The molecule has 0 amide bonds. The van der Waals surface area contributed by atoms with E-state index in [0.29, 0.717) is 0 Å². The molecule has 66 valence electrons. The van der Waals surface area contributed by atoms with E-state index in [1.54, 1.807) is 0 Å². The highest BCUT2D eigenvalue weighted by Gasteiger charge is 2.16. The fourth-order valence-electron chi connectivity index (χ4n) is 0.664. The van der Waals surface area contributed by atoms with E-state index in [1.807, 2.05) is 0 Å². The Balaban J connectivity index is 3.27. The minimum atomic E-state index is -2.72. The molecule has 12 heavy (non-hydrogen) atoms. The highest BCUT2D eigenvalue weighted by atomic mass is 127. The molecule has 1 aromatic rings. The van der Waals surface area contributed by atoms with Crippen LogP contribution >= 0.6 is 22.6 Å². The molecule has 0 aliphatic rings. The Kier molecular flexibility index (Phi) is 2.76. The normalized spacial score (nSPS) is 10.8. The van der Waals surface area contributed by atoms with Gasteiger partial charge in [-0.3, -0.25) is 0 Å². The van der Waals surface area contributed by atoms with Gasteiger partial charge in [0.1, 0.15) is 0 Å². The third-order valence-corrected chi connectivity index (χ3v) is 2.31. The van der Waals surface area contributed by atoms with Gasteiger partial charge in [-0.05, 0) is 22.6 Å². The Morgan fingerprint density at radius 1 is 1.50 bits per heavy atom. The fourth-order valence-corrected chi connectivity index (χ4v) is 1.11. The molecule has 0 bridgehead atoms. The standard InChI is InChI=1S/C6H4F3IN2/c7-5(8)2-1-12-6(9)3(10)4(2)11/h1,5H,(H2,11,12). The Morgan fingerprint density at radius 3 is 2.58 bits per heavy atom. The number of nitrogens with zero attached hydrogens (tertiary/aromatic N) is 1. The number of aromatic nitrogens is 1. The quantitative estimate of drug-likeness (QED) is 0.636. The summed E-state index contributed by atoms with van der Waals surface area (Å²) in [5, 5.41) is 0. The molecule has 0 spiro atoms. The van der Waals surface area contributed by atoms with Gasteiger partial charge in [0.25, 0.3) is 6.43 Å². The number of hydrogen-bond acceptors (Lipinski definition) is 2. The molecule has 0 aromatic carbocycles. The molecule has 1 rings (SSSR count). The molecular weight excluding hydrogens is 284 g/mol. The summed E-state index contributed by atoms with van der Waals surface area (Å²) in [6.45, 7) is 0. The van der Waals surface area contributed by atoms with Gasteiger partial charge in [0.05, 0.1) is 14.8 Å². The first kappa shape index (κ1) is 9.56. The lowest BCUT2D eigenvalue weighted by molar-refractivity contribution is 0.151. The van der Waals surface area contributed by atoms with Crippen LogP contribution in [0.4, 0.5) is 18.9 Å². The van der Waals surface area contributed by atoms with E-state index < -0.39 is 17.9 Å². The Bertz CT molecular complexity index is 303. The Morgan fingerprint density at radius 2 is 2.08 bits per heavy atom. The van der Waals surface area contributed by atoms with Gasteiger partial charge >= 0.3 is 0 Å². The van der Waals surface area contributed by atoms with Crippen LogP contribution in [0.3, 0.4) is 0 Å². The summed E-state index contributed by atoms with van der Waals surface area (Å²) in [6.07, 6.45) is -1.97. The molecule has 2 nitrogen and oxygen atoms in total. The number of nitrogens with two attached hydrogens (primary N) is 1. The number of nitrogen functional groups attached to an aromatic ring is 1. The molecule has 1 heterocycles. The largest absolute Gasteiger partial charge is 0.397 e. The van der Waals surface area contributed by atoms with E-state index in [2.05, 4.69) is 4.98 Å². The van der Waals surface area contributed by atoms with Crippen molar-refractivity contribution in [3.8, 4) is 0 Å². The number of pyridine rings is 1. The maximum absolute atomic E-state index is 12.6. The molecule has 0 unspecified atom stereocenters. The highest BCUT2D eigenvalue weighted by Crippen LogP contribution is 2.28. The molecule has 0 atom stereocenters. The lowest BCUT2D eigenvalue weighted by atomic mass is 10.2. The molecule has 1 aromatic heterocycles. The summed E-state index contributed by atoms with van der Waals surface area (Å²) in [5.41, 5.74) is 4.55. The van der Waals surface area contributed by atoms with Crippen LogP contribution in [0.2, 0.25) is 0 Å². The molecule has 0 saturated carbocycles. The summed E-state index contributed by atoms with van der Waals surface area (Å²) < 4.78 is 36.7. The van der Waals surface area contributed by atoms with Crippen LogP contribution in [0.15, 0.2) is 6.20 Å². The van der Waals surface area contributed by atoms with Gasteiger partial charge in [-0.2, -0.15) is 4.39 Å². The second-order valence-electron chi connectivity index (χ2n) is 2.03. The van der Waals surface area contributed by atoms with E-state index in [1.165, 1.54) is 22.6 Å². The van der Waals surface area contributed by atoms with Crippen LogP contribution < -0.4 is 5.73 Å². The summed E-state index contributed by atoms with van der Waals surface area (Å²) in [5.74, 6) is -0.822. The smallest absolute Gasteiger partial charge is 0.267 e. The van der Waals surface area contributed by atoms with Crippen molar-refractivity contribution in [1.29, 1.82) is 0 Å². The molecule has 0 radical (unpaired) electrons. The van der Waals surface area contributed by atoms with E-state index in [4.69, 9.17) is 5.73 Å². The van der Waals surface area contributed by atoms with E-state index in [-0.39, 0.29) is 9.26 Å². The third-order valence-electron chi connectivity index (χ3n) is 1.28. The van der Waals surface area contributed by atoms with Gasteiger partial charge in [0.15, 0.2) is 0 Å².